The molecule has 2 rings (SSSR count). The van der Waals surface area contributed by atoms with E-state index in [0.29, 0.717) is 5.56 Å². The molecule has 1 atom stereocenters. The predicted molar refractivity (Wildman–Crippen MR) is 92.3 cm³/mol. The van der Waals surface area contributed by atoms with Crippen molar-refractivity contribution in [2.24, 2.45) is 0 Å². The monoisotopic (exact) mass is 384 g/mol. The van der Waals surface area contributed by atoms with E-state index in [1.54, 1.807) is 43.3 Å². The molecule has 146 valence electrons. The van der Waals surface area contributed by atoms with E-state index in [0.717, 1.165) is 11.1 Å². The van der Waals surface area contributed by atoms with Crippen LogP contribution in [0, 0.1) is 5.82 Å². The number of hydrogen-bond acceptors (Lipinski definition) is 2. The highest BCUT2D eigenvalue weighted by Gasteiger charge is 2.27. The first kappa shape index (κ1) is 20.7. The second-order valence-corrected chi connectivity index (χ2v) is 6.02. The quantitative estimate of drug-likeness (QED) is 0.693. The fourth-order valence-corrected chi connectivity index (χ4v) is 2.30. The van der Waals surface area contributed by atoms with Gasteiger partial charge < -0.3 is 15.4 Å². The van der Waals surface area contributed by atoms with E-state index in [1.807, 2.05) is 0 Å². The second-order valence-electron chi connectivity index (χ2n) is 6.02. The fraction of sp³-hybridized carbons (Fsp3) is 0.316. The second kappa shape index (κ2) is 9.36. The normalized spacial score (nSPS) is 12.5. The number of urea groups is 1. The standard InChI is InChI=1S/C19H20F4N2O2/c1-13(16-6-8-17(20)9-7-16)25-18(26)24-10-14-2-4-15(5-3-14)11-27-12-19(21,22)23/h2-9,13H,10-12H2,1H3,(H2,24,25,26). The van der Waals surface area contributed by atoms with Crippen molar-refractivity contribution in [3.63, 3.8) is 0 Å². The van der Waals surface area contributed by atoms with Crippen molar-refractivity contribution >= 4 is 6.03 Å². The van der Waals surface area contributed by atoms with Gasteiger partial charge in [0, 0.05) is 6.54 Å². The van der Waals surface area contributed by atoms with Crippen LogP contribution in [0.25, 0.3) is 0 Å². The predicted octanol–water partition coefficient (Wildman–Crippen LogP) is 4.47. The molecule has 0 bridgehead atoms. The van der Waals surface area contributed by atoms with Crippen LogP contribution in [0.4, 0.5) is 22.4 Å². The lowest BCUT2D eigenvalue weighted by molar-refractivity contribution is -0.176. The molecule has 4 nitrogen and oxygen atoms in total. The number of carbonyl (C=O) groups is 1. The van der Waals surface area contributed by atoms with Gasteiger partial charge in [-0.2, -0.15) is 13.2 Å². The summed E-state index contributed by atoms with van der Waals surface area (Å²) in [7, 11) is 0. The van der Waals surface area contributed by atoms with Crippen LogP contribution in [0.1, 0.15) is 29.7 Å². The van der Waals surface area contributed by atoms with Gasteiger partial charge in [-0.25, -0.2) is 9.18 Å². The Morgan fingerprint density at radius 2 is 1.63 bits per heavy atom. The Balaban J connectivity index is 1.75. The molecule has 2 aromatic rings. The number of rotatable bonds is 7. The number of nitrogens with one attached hydrogen (secondary N) is 2. The molecule has 0 saturated heterocycles. The number of benzene rings is 2. The SMILES string of the molecule is CC(NC(=O)NCc1ccc(COCC(F)(F)F)cc1)c1ccc(F)cc1. The molecule has 0 radical (unpaired) electrons. The minimum absolute atomic E-state index is 0.136. The Bertz CT molecular complexity index is 731. The van der Waals surface area contributed by atoms with E-state index in [4.69, 9.17) is 0 Å². The van der Waals surface area contributed by atoms with Crippen LogP contribution in [0.2, 0.25) is 0 Å². The molecular weight excluding hydrogens is 364 g/mol. The van der Waals surface area contributed by atoms with Crippen molar-refractivity contribution in [3.8, 4) is 0 Å². The molecule has 0 spiro atoms. The third kappa shape index (κ3) is 7.65. The smallest absolute Gasteiger partial charge is 0.367 e. The molecule has 0 saturated carbocycles. The average Bonchev–Trinajstić information content (AvgIpc) is 2.60. The van der Waals surface area contributed by atoms with Gasteiger partial charge in [0.25, 0.3) is 0 Å². The Labute approximate surface area is 154 Å². The van der Waals surface area contributed by atoms with Crippen molar-refractivity contribution in [2.45, 2.75) is 32.3 Å². The van der Waals surface area contributed by atoms with Crippen molar-refractivity contribution in [1.29, 1.82) is 0 Å². The van der Waals surface area contributed by atoms with Crippen molar-refractivity contribution in [3.05, 3.63) is 71.0 Å². The average molecular weight is 384 g/mol. The summed E-state index contributed by atoms with van der Waals surface area (Å²) >= 11 is 0. The zero-order chi connectivity index (χ0) is 19.9. The molecule has 0 aromatic heterocycles. The zero-order valence-corrected chi connectivity index (χ0v) is 14.6. The number of ether oxygens (including phenoxy) is 1. The topological polar surface area (TPSA) is 50.4 Å². The molecule has 8 heteroatoms. The number of halogens is 4. The van der Waals surface area contributed by atoms with Crippen molar-refractivity contribution in [2.75, 3.05) is 6.61 Å². The van der Waals surface area contributed by atoms with Crippen molar-refractivity contribution < 1.29 is 27.1 Å². The number of amides is 2. The van der Waals surface area contributed by atoms with E-state index >= 15 is 0 Å². The van der Waals surface area contributed by atoms with Crippen LogP contribution in [-0.2, 0) is 17.9 Å². The van der Waals surface area contributed by atoms with Gasteiger partial charge in [0.05, 0.1) is 12.6 Å². The van der Waals surface area contributed by atoms with Crippen LogP contribution in [-0.4, -0.2) is 18.8 Å². The third-order valence-corrected chi connectivity index (χ3v) is 3.73. The molecule has 27 heavy (non-hydrogen) atoms. The maximum Gasteiger partial charge on any atom is 0.411 e. The number of carbonyl (C=O) groups excluding carboxylic acids is 1. The number of hydrogen-bond donors (Lipinski definition) is 2. The highest BCUT2D eigenvalue weighted by Crippen LogP contribution is 2.16. The van der Waals surface area contributed by atoms with Gasteiger partial charge in [0.2, 0.25) is 0 Å². The Hall–Kier alpha value is -2.61. The van der Waals surface area contributed by atoms with Crippen molar-refractivity contribution in [1.82, 2.24) is 10.6 Å². The molecule has 0 aliphatic rings. The highest BCUT2D eigenvalue weighted by atomic mass is 19.4. The number of alkyl halides is 3. The molecule has 0 heterocycles. The minimum atomic E-state index is -4.34. The van der Waals surface area contributed by atoms with Gasteiger partial charge in [-0.1, -0.05) is 36.4 Å². The first-order chi connectivity index (χ1) is 12.7. The molecule has 2 N–H and O–H groups in total. The summed E-state index contributed by atoms with van der Waals surface area (Å²) in [6, 6.07) is 11.9. The van der Waals surface area contributed by atoms with Gasteiger partial charge >= 0.3 is 12.2 Å². The van der Waals surface area contributed by atoms with Gasteiger partial charge in [0.1, 0.15) is 12.4 Å². The molecule has 1 unspecified atom stereocenters. The van der Waals surface area contributed by atoms with E-state index in [2.05, 4.69) is 15.4 Å². The minimum Gasteiger partial charge on any atom is -0.367 e. The summed E-state index contributed by atoms with van der Waals surface area (Å²) in [4.78, 5) is 11.9. The molecular formula is C19H20F4N2O2. The lowest BCUT2D eigenvalue weighted by Gasteiger charge is -2.15. The lowest BCUT2D eigenvalue weighted by atomic mass is 10.1. The Kier molecular flexibility index (Phi) is 7.18. The van der Waals surface area contributed by atoms with Crippen LogP contribution >= 0.6 is 0 Å². The molecule has 0 fully saturated rings. The van der Waals surface area contributed by atoms with Gasteiger partial charge in [0.15, 0.2) is 0 Å². The molecule has 2 aromatic carbocycles. The van der Waals surface area contributed by atoms with E-state index < -0.39 is 12.8 Å². The van der Waals surface area contributed by atoms with Gasteiger partial charge in [-0.05, 0) is 35.7 Å². The molecule has 0 aliphatic carbocycles. The Morgan fingerprint density at radius 3 is 2.22 bits per heavy atom. The van der Waals surface area contributed by atoms with E-state index in [1.165, 1.54) is 12.1 Å². The summed E-state index contributed by atoms with van der Waals surface area (Å²) in [5, 5.41) is 5.43. The summed E-state index contributed by atoms with van der Waals surface area (Å²) in [6.07, 6.45) is -4.34. The maximum absolute atomic E-state index is 12.9. The highest BCUT2D eigenvalue weighted by molar-refractivity contribution is 5.74. The summed E-state index contributed by atoms with van der Waals surface area (Å²) in [6.45, 7) is 0.611. The largest absolute Gasteiger partial charge is 0.411 e. The molecule has 2 amide bonds. The zero-order valence-electron chi connectivity index (χ0n) is 14.6. The van der Waals surface area contributed by atoms with Crippen LogP contribution in [0.15, 0.2) is 48.5 Å². The molecule has 0 aliphatic heterocycles. The van der Waals surface area contributed by atoms with E-state index in [-0.39, 0.29) is 31.0 Å². The summed E-state index contributed by atoms with van der Waals surface area (Å²) < 4.78 is 53.6. The van der Waals surface area contributed by atoms with E-state index in [9.17, 15) is 22.4 Å². The van der Waals surface area contributed by atoms with Gasteiger partial charge in [-0.3, -0.25) is 0 Å². The summed E-state index contributed by atoms with van der Waals surface area (Å²) in [5.41, 5.74) is 2.17. The van der Waals surface area contributed by atoms with Crippen LogP contribution < -0.4 is 10.6 Å². The van der Waals surface area contributed by atoms with Gasteiger partial charge in [-0.15, -0.1) is 0 Å². The Morgan fingerprint density at radius 1 is 1.04 bits per heavy atom. The maximum atomic E-state index is 12.9. The fourth-order valence-electron chi connectivity index (χ4n) is 2.30. The summed E-state index contributed by atoms with van der Waals surface area (Å²) in [5.74, 6) is -0.345. The first-order valence-corrected chi connectivity index (χ1v) is 8.25. The lowest BCUT2D eigenvalue weighted by Crippen LogP contribution is -2.36. The third-order valence-electron chi connectivity index (χ3n) is 3.73. The first-order valence-electron chi connectivity index (χ1n) is 8.25. The van der Waals surface area contributed by atoms with Crippen LogP contribution in [0.3, 0.4) is 0 Å². The van der Waals surface area contributed by atoms with Crippen LogP contribution in [0.5, 0.6) is 0 Å².